The molecular weight excluding hydrogens is 228 g/mol. The van der Waals surface area contributed by atoms with Gasteiger partial charge in [0.05, 0.1) is 12.1 Å². The monoisotopic (exact) mass is 250 g/mol. The topological polar surface area (TPSA) is 45.5 Å². The highest BCUT2D eigenvalue weighted by atomic mass is 16.3. The summed E-state index contributed by atoms with van der Waals surface area (Å²) in [4.78, 5) is 14.1. The summed E-state index contributed by atoms with van der Waals surface area (Å²) in [5.41, 5.74) is 0.190. The molecule has 1 aromatic heterocycles. The predicted molar refractivity (Wildman–Crippen MR) is 70.6 cm³/mol. The third-order valence-corrected chi connectivity index (χ3v) is 4.07. The molecule has 0 saturated heterocycles. The summed E-state index contributed by atoms with van der Waals surface area (Å²) in [6.07, 6.45) is 5.54. The van der Waals surface area contributed by atoms with E-state index in [1.165, 1.54) is 6.42 Å². The second-order valence-corrected chi connectivity index (χ2v) is 5.72. The lowest BCUT2D eigenvalue weighted by molar-refractivity contribution is 0.0458. The van der Waals surface area contributed by atoms with Crippen LogP contribution in [0.15, 0.2) is 18.3 Å². The Labute approximate surface area is 108 Å². The lowest BCUT2D eigenvalue weighted by Crippen LogP contribution is -2.48. The number of hydrogen-bond acceptors (Lipinski definition) is 2. The van der Waals surface area contributed by atoms with Crippen molar-refractivity contribution in [1.82, 2.24) is 9.47 Å². The Morgan fingerprint density at radius 1 is 1.56 bits per heavy atom. The summed E-state index contributed by atoms with van der Waals surface area (Å²) in [6, 6.07) is 4.26. The van der Waals surface area contributed by atoms with E-state index in [0.29, 0.717) is 6.04 Å². The molecule has 0 atom stereocenters. The van der Waals surface area contributed by atoms with E-state index in [-0.39, 0.29) is 12.5 Å². The summed E-state index contributed by atoms with van der Waals surface area (Å²) in [5.74, 6) is -0.0223. The number of aromatic nitrogens is 1. The van der Waals surface area contributed by atoms with E-state index in [2.05, 4.69) is 4.57 Å². The molecule has 1 amide bonds. The SMILES string of the molecule is CN(C(=O)c1cccn1C1CCC1)C(C)(C)CO. The van der Waals surface area contributed by atoms with Crippen LogP contribution in [0.5, 0.6) is 0 Å². The van der Waals surface area contributed by atoms with E-state index in [1.54, 1.807) is 11.9 Å². The molecular formula is C14H22N2O2. The molecule has 1 heterocycles. The van der Waals surface area contributed by atoms with E-state index in [9.17, 15) is 9.90 Å². The average Bonchev–Trinajstić information content (AvgIpc) is 2.73. The molecule has 0 radical (unpaired) electrons. The lowest BCUT2D eigenvalue weighted by Gasteiger charge is -2.35. The number of aliphatic hydroxyl groups is 1. The first kappa shape index (κ1) is 13.1. The van der Waals surface area contributed by atoms with Crippen molar-refractivity contribution in [3.63, 3.8) is 0 Å². The summed E-state index contributed by atoms with van der Waals surface area (Å²) in [7, 11) is 1.75. The van der Waals surface area contributed by atoms with Gasteiger partial charge in [-0.2, -0.15) is 0 Å². The van der Waals surface area contributed by atoms with Crippen molar-refractivity contribution in [3.05, 3.63) is 24.0 Å². The van der Waals surface area contributed by atoms with Crippen LogP contribution in [0.3, 0.4) is 0 Å². The van der Waals surface area contributed by atoms with Gasteiger partial charge in [-0.15, -0.1) is 0 Å². The molecule has 100 valence electrons. The first-order valence-electron chi connectivity index (χ1n) is 6.53. The first-order chi connectivity index (χ1) is 8.47. The second kappa shape index (κ2) is 4.76. The highest BCUT2D eigenvalue weighted by molar-refractivity contribution is 5.93. The Morgan fingerprint density at radius 3 is 2.72 bits per heavy atom. The summed E-state index contributed by atoms with van der Waals surface area (Å²) in [6.45, 7) is 3.68. The number of carbonyl (C=O) groups is 1. The molecule has 1 saturated carbocycles. The fourth-order valence-electron chi connectivity index (χ4n) is 2.11. The third-order valence-electron chi connectivity index (χ3n) is 4.07. The zero-order valence-electron chi connectivity index (χ0n) is 11.4. The molecule has 0 spiro atoms. The van der Waals surface area contributed by atoms with E-state index in [1.807, 2.05) is 32.2 Å². The molecule has 0 bridgehead atoms. The van der Waals surface area contributed by atoms with Crippen molar-refractivity contribution in [2.45, 2.75) is 44.7 Å². The minimum atomic E-state index is -0.536. The first-order valence-corrected chi connectivity index (χ1v) is 6.53. The van der Waals surface area contributed by atoms with Gasteiger partial charge in [0, 0.05) is 19.3 Å². The molecule has 18 heavy (non-hydrogen) atoms. The number of carbonyl (C=O) groups excluding carboxylic acids is 1. The molecule has 1 N–H and O–H groups in total. The zero-order valence-corrected chi connectivity index (χ0v) is 11.4. The highest BCUT2D eigenvalue weighted by Crippen LogP contribution is 2.33. The number of aliphatic hydroxyl groups excluding tert-OH is 1. The van der Waals surface area contributed by atoms with Crippen molar-refractivity contribution in [2.75, 3.05) is 13.7 Å². The molecule has 1 aromatic rings. The number of likely N-dealkylation sites (N-methyl/N-ethyl adjacent to an activating group) is 1. The molecule has 1 aliphatic carbocycles. The van der Waals surface area contributed by atoms with Gasteiger partial charge in [0.15, 0.2) is 0 Å². The van der Waals surface area contributed by atoms with Crippen molar-refractivity contribution >= 4 is 5.91 Å². The van der Waals surface area contributed by atoms with Crippen LogP contribution in [0.1, 0.15) is 49.6 Å². The van der Waals surface area contributed by atoms with E-state index in [0.717, 1.165) is 18.5 Å². The van der Waals surface area contributed by atoms with E-state index >= 15 is 0 Å². The van der Waals surface area contributed by atoms with Crippen molar-refractivity contribution in [3.8, 4) is 0 Å². The molecule has 0 aromatic carbocycles. The van der Waals surface area contributed by atoms with Crippen molar-refractivity contribution < 1.29 is 9.90 Å². The molecule has 2 rings (SSSR count). The average molecular weight is 250 g/mol. The van der Waals surface area contributed by atoms with E-state index in [4.69, 9.17) is 0 Å². The van der Waals surface area contributed by atoms with Gasteiger partial charge in [0.2, 0.25) is 0 Å². The molecule has 0 unspecified atom stereocenters. The Bertz CT molecular complexity index is 433. The fraction of sp³-hybridized carbons (Fsp3) is 0.643. The lowest BCUT2D eigenvalue weighted by atomic mass is 9.92. The summed E-state index contributed by atoms with van der Waals surface area (Å²) >= 11 is 0. The third kappa shape index (κ3) is 2.17. The second-order valence-electron chi connectivity index (χ2n) is 5.72. The Kier molecular flexibility index (Phi) is 3.48. The molecule has 4 heteroatoms. The number of amides is 1. The minimum Gasteiger partial charge on any atom is -0.394 e. The summed E-state index contributed by atoms with van der Waals surface area (Å²) < 4.78 is 2.08. The molecule has 1 aliphatic rings. The van der Waals surface area contributed by atoms with Gasteiger partial charge >= 0.3 is 0 Å². The van der Waals surface area contributed by atoms with Gasteiger partial charge in [-0.1, -0.05) is 0 Å². The van der Waals surface area contributed by atoms with Gasteiger partial charge in [0.1, 0.15) is 5.69 Å². The standard InChI is InChI=1S/C14H22N2O2/c1-14(2,10-17)15(3)13(18)12-8-5-9-16(12)11-6-4-7-11/h5,8-9,11,17H,4,6-7,10H2,1-3H3. The molecule has 1 fully saturated rings. The van der Waals surface area contributed by atoms with Crippen LogP contribution in [0.4, 0.5) is 0 Å². The fourth-order valence-corrected chi connectivity index (χ4v) is 2.11. The maximum Gasteiger partial charge on any atom is 0.270 e. The molecule has 4 nitrogen and oxygen atoms in total. The largest absolute Gasteiger partial charge is 0.394 e. The minimum absolute atomic E-state index is 0.0223. The van der Waals surface area contributed by atoms with Crippen molar-refractivity contribution in [2.24, 2.45) is 0 Å². The van der Waals surface area contributed by atoms with Gasteiger partial charge in [-0.05, 0) is 45.2 Å². The van der Waals surface area contributed by atoms with Crippen LogP contribution in [0, 0.1) is 0 Å². The number of rotatable bonds is 4. The van der Waals surface area contributed by atoms with Crippen LogP contribution < -0.4 is 0 Å². The highest BCUT2D eigenvalue weighted by Gasteiger charge is 2.30. The Morgan fingerprint density at radius 2 is 2.22 bits per heavy atom. The zero-order chi connectivity index (χ0) is 13.3. The van der Waals surface area contributed by atoms with Crippen LogP contribution in [-0.4, -0.2) is 39.7 Å². The quantitative estimate of drug-likeness (QED) is 0.889. The Hall–Kier alpha value is -1.29. The van der Waals surface area contributed by atoms with E-state index < -0.39 is 5.54 Å². The smallest absolute Gasteiger partial charge is 0.270 e. The normalized spacial score (nSPS) is 16.4. The van der Waals surface area contributed by atoms with Crippen LogP contribution in [-0.2, 0) is 0 Å². The number of nitrogens with zero attached hydrogens (tertiary/aromatic N) is 2. The maximum absolute atomic E-state index is 12.5. The van der Waals surface area contributed by atoms with Gasteiger partial charge in [0.25, 0.3) is 5.91 Å². The van der Waals surface area contributed by atoms with Crippen LogP contribution in [0.2, 0.25) is 0 Å². The predicted octanol–water partition coefficient (Wildman–Crippen LogP) is 2.06. The van der Waals surface area contributed by atoms with Crippen LogP contribution >= 0.6 is 0 Å². The summed E-state index contributed by atoms with van der Waals surface area (Å²) in [5, 5.41) is 9.35. The van der Waals surface area contributed by atoms with Crippen LogP contribution in [0.25, 0.3) is 0 Å². The van der Waals surface area contributed by atoms with Crippen molar-refractivity contribution in [1.29, 1.82) is 0 Å². The van der Waals surface area contributed by atoms with Gasteiger partial charge < -0.3 is 14.6 Å². The maximum atomic E-state index is 12.5. The van der Waals surface area contributed by atoms with Gasteiger partial charge in [-0.25, -0.2) is 0 Å². The molecule has 0 aliphatic heterocycles. The Balaban J connectivity index is 2.21. The van der Waals surface area contributed by atoms with Gasteiger partial charge in [-0.3, -0.25) is 4.79 Å². The number of hydrogen-bond donors (Lipinski definition) is 1.